The second-order valence-corrected chi connectivity index (χ2v) is 6.33. The highest BCUT2D eigenvalue weighted by Crippen LogP contribution is 2.16. The Balaban J connectivity index is 2.81. The van der Waals surface area contributed by atoms with Gasteiger partial charge in [-0.1, -0.05) is 0 Å². The molecule has 0 bridgehead atoms. The molecule has 134 valence electrons. The Hall–Kier alpha value is -2.09. The largest absolute Gasteiger partial charge is 0.481 e. The first-order valence-electron chi connectivity index (χ1n) is 7.26. The molecule has 8 heteroatoms. The number of halogens is 3. The lowest BCUT2D eigenvalue weighted by atomic mass is 10.0. The number of aliphatic carboxylic acids is 1. The number of carbonyl (C=O) groups excluding carboxylic acids is 1. The van der Waals surface area contributed by atoms with Crippen molar-refractivity contribution in [1.82, 2.24) is 5.32 Å². The topological polar surface area (TPSA) is 75.6 Å². The molecular formula is C16H20F3NO4. The summed E-state index contributed by atoms with van der Waals surface area (Å²) in [4.78, 5) is 22.7. The molecule has 0 heterocycles. The summed E-state index contributed by atoms with van der Waals surface area (Å²) < 4.78 is 45.1. The van der Waals surface area contributed by atoms with Crippen LogP contribution in [0, 0.1) is 17.5 Å². The van der Waals surface area contributed by atoms with Crippen molar-refractivity contribution in [3.05, 3.63) is 35.1 Å². The minimum atomic E-state index is -1.34. The summed E-state index contributed by atoms with van der Waals surface area (Å²) in [5, 5.41) is 11.3. The molecule has 0 saturated heterocycles. The maximum Gasteiger partial charge on any atom is 0.305 e. The third-order valence-corrected chi connectivity index (χ3v) is 2.98. The number of amides is 1. The van der Waals surface area contributed by atoms with E-state index in [1.807, 2.05) is 0 Å². The lowest BCUT2D eigenvalue weighted by Crippen LogP contribution is -2.41. The van der Waals surface area contributed by atoms with Gasteiger partial charge in [-0.2, -0.15) is 0 Å². The van der Waals surface area contributed by atoms with Crippen LogP contribution in [-0.4, -0.2) is 35.2 Å². The molecule has 1 aromatic carbocycles. The molecule has 5 nitrogen and oxygen atoms in total. The predicted octanol–water partition coefficient (Wildman–Crippen LogP) is 2.42. The third-order valence-electron chi connectivity index (χ3n) is 2.98. The molecule has 24 heavy (non-hydrogen) atoms. The third kappa shape index (κ3) is 6.99. The Morgan fingerprint density at radius 1 is 1.17 bits per heavy atom. The van der Waals surface area contributed by atoms with Crippen molar-refractivity contribution in [2.45, 2.75) is 45.3 Å². The van der Waals surface area contributed by atoms with Crippen LogP contribution in [0.1, 0.15) is 32.8 Å². The zero-order chi connectivity index (χ0) is 18.5. The minimum absolute atomic E-state index is 0.225. The fourth-order valence-corrected chi connectivity index (χ4v) is 1.92. The van der Waals surface area contributed by atoms with Crippen molar-refractivity contribution >= 4 is 11.9 Å². The summed E-state index contributed by atoms with van der Waals surface area (Å²) in [5.41, 5.74) is -0.788. The normalized spacial score (nSPS) is 12.8. The molecule has 1 aromatic rings. The molecule has 0 aliphatic carbocycles. The van der Waals surface area contributed by atoms with Crippen molar-refractivity contribution in [3.63, 3.8) is 0 Å². The number of benzene rings is 1. The summed E-state index contributed by atoms with van der Waals surface area (Å²) in [6, 6.07) is 0.0441. The van der Waals surface area contributed by atoms with Gasteiger partial charge < -0.3 is 15.2 Å². The van der Waals surface area contributed by atoms with Crippen LogP contribution in [0.5, 0.6) is 0 Å². The second-order valence-electron chi connectivity index (χ2n) is 6.33. The van der Waals surface area contributed by atoms with Crippen LogP contribution < -0.4 is 5.32 Å². The van der Waals surface area contributed by atoms with Gasteiger partial charge >= 0.3 is 5.97 Å². The van der Waals surface area contributed by atoms with E-state index in [0.717, 1.165) is 0 Å². The van der Waals surface area contributed by atoms with E-state index in [1.54, 1.807) is 20.8 Å². The van der Waals surface area contributed by atoms with Gasteiger partial charge in [-0.15, -0.1) is 0 Å². The minimum Gasteiger partial charge on any atom is -0.481 e. The van der Waals surface area contributed by atoms with Crippen LogP contribution >= 0.6 is 0 Å². The molecule has 0 aliphatic rings. The first-order valence-corrected chi connectivity index (χ1v) is 7.26. The highest BCUT2D eigenvalue weighted by molar-refractivity contribution is 5.78. The van der Waals surface area contributed by atoms with E-state index in [4.69, 9.17) is 9.84 Å². The van der Waals surface area contributed by atoms with Crippen molar-refractivity contribution in [3.8, 4) is 0 Å². The standard InChI is InChI=1S/C16H20F3NO4/c1-16(2,3)24-8-14(21)20-10(6-15(22)23)4-9-5-12(18)13(19)7-11(9)17/h5,7,10H,4,6,8H2,1-3H3,(H,20,21)(H,22,23)/t10-/m1/s1. The van der Waals surface area contributed by atoms with Crippen molar-refractivity contribution < 1.29 is 32.6 Å². The van der Waals surface area contributed by atoms with E-state index in [2.05, 4.69) is 5.32 Å². The SMILES string of the molecule is CC(C)(C)OCC(=O)N[C@@H](CC(=O)O)Cc1cc(F)c(F)cc1F. The average Bonchev–Trinajstić information content (AvgIpc) is 2.41. The molecule has 1 atom stereocenters. The number of carbonyl (C=O) groups is 2. The van der Waals surface area contributed by atoms with Gasteiger partial charge in [-0.05, 0) is 38.8 Å². The van der Waals surface area contributed by atoms with Gasteiger partial charge in [-0.25, -0.2) is 13.2 Å². The number of nitrogens with one attached hydrogen (secondary N) is 1. The zero-order valence-electron chi connectivity index (χ0n) is 13.7. The molecule has 0 aromatic heterocycles. The summed E-state index contributed by atoms with van der Waals surface area (Å²) in [6.45, 7) is 4.92. The van der Waals surface area contributed by atoms with E-state index >= 15 is 0 Å². The smallest absolute Gasteiger partial charge is 0.305 e. The second kappa shape index (κ2) is 8.14. The van der Waals surface area contributed by atoms with Gasteiger partial charge in [0.15, 0.2) is 11.6 Å². The van der Waals surface area contributed by atoms with Crippen molar-refractivity contribution in [1.29, 1.82) is 0 Å². The number of ether oxygens (including phenoxy) is 1. The fraction of sp³-hybridized carbons (Fsp3) is 0.500. The number of hydrogen-bond donors (Lipinski definition) is 2. The Morgan fingerprint density at radius 2 is 1.75 bits per heavy atom. The van der Waals surface area contributed by atoms with Crippen LogP contribution in [0.25, 0.3) is 0 Å². The fourth-order valence-electron chi connectivity index (χ4n) is 1.92. The number of rotatable bonds is 7. The molecule has 0 spiro atoms. The lowest BCUT2D eigenvalue weighted by Gasteiger charge is -2.21. The monoisotopic (exact) mass is 347 g/mol. The number of carboxylic acid groups (broad SMARTS) is 1. The summed E-state index contributed by atoms with van der Waals surface area (Å²) in [5.74, 6) is -5.40. The van der Waals surface area contributed by atoms with Crippen molar-refractivity contribution in [2.24, 2.45) is 0 Å². The van der Waals surface area contributed by atoms with Crippen LogP contribution in [-0.2, 0) is 20.7 Å². The summed E-state index contributed by atoms with van der Waals surface area (Å²) in [7, 11) is 0. The Labute approximate surface area is 137 Å². The summed E-state index contributed by atoms with van der Waals surface area (Å²) in [6.07, 6.45) is -0.795. The zero-order valence-corrected chi connectivity index (χ0v) is 13.7. The van der Waals surface area contributed by atoms with Crippen molar-refractivity contribution in [2.75, 3.05) is 6.61 Å². The first kappa shape index (κ1) is 20.0. The van der Waals surface area contributed by atoms with E-state index in [1.165, 1.54) is 0 Å². The van der Waals surface area contributed by atoms with Gasteiger partial charge in [0.2, 0.25) is 5.91 Å². The number of hydrogen-bond acceptors (Lipinski definition) is 3. The van der Waals surface area contributed by atoms with Gasteiger partial charge in [0.05, 0.1) is 12.0 Å². The summed E-state index contributed by atoms with van der Waals surface area (Å²) >= 11 is 0. The first-order chi connectivity index (χ1) is 11.0. The molecule has 2 N–H and O–H groups in total. The average molecular weight is 347 g/mol. The van der Waals surface area contributed by atoms with Gasteiger partial charge in [0, 0.05) is 12.1 Å². The van der Waals surface area contributed by atoms with Gasteiger partial charge in [0.25, 0.3) is 0 Å². The lowest BCUT2D eigenvalue weighted by molar-refractivity contribution is -0.138. The molecular weight excluding hydrogens is 327 g/mol. The van der Waals surface area contributed by atoms with E-state index < -0.39 is 47.4 Å². The predicted molar refractivity (Wildman–Crippen MR) is 79.9 cm³/mol. The van der Waals surface area contributed by atoms with Crippen LogP contribution in [0.2, 0.25) is 0 Å². The molecule has 0 unspecified atom stereocenters. The Bertz CT molecular complexity index is 614. The maximum atomic E-state index is 13.7. The molecule has 1 amide bonds. The Kier molecular flexibility index (Phi) is 6.77. The van der Waals surface area contributed by atoms with Crippen LogP contribution in [0.4, 0.5) is 13.2 Å². The highest BCUT2D eigenvalue weighted by atomic mass is 19.2. The van der Waals surface area contributed by atoms with E-state index in [0.29, 0.717) is 12.1 Å². The Morgan fingerprint density at radius 3 is 2.29 bits per heavy atom. The van der Waals surface area contributed by atoms with Crippen LogP contribution in [0.15, 0.2) is 12.1 Å². The van der Waals surface area contributed by atoms with Gasteiger partial charge in [0.1, 0.15) is 12.4 Å². The maximum absolute atomic E-state index is 13.7. The molecule has 0 fully saturated rings. The van der Waals surface area contributed by atoms with E-state index in [9.17, 15) is 22.8 Å². The molecule has 0 radical (unpaired) electrons. The molecule has 1 rings (SSSR count). The van der Waals surface area contributed by atoms with Gasteiger partial charge in [-0.3, -0.25) is 9.59 Å². The molecule has 0 saturated carbocycles. The van der Waals surface area contributed by atoms with Crippen LogP contribution in [0.3, 0.4) is 0 Å². The van der Waals surface area contributed by atoms with E-state index in [-0.39, 0.29) is 18.6 Å². The number of carboxylic acids is 1. The molecule has 0 aliphatic heterocycles. The quantitative estimate of drug-likeness (QED) is 0.743. The highest BCUT2D eigenvalue weighted by Gasteiger charge is 2.21.